The molecule has 1 aromatic carbocycles. The fraction of sp³-hybridized carbons (Fsp3) is 0.462. The van der Waals surface area contributed by atoms with Crippen LogP contribution in [-0.2, 0) is 11.3 Å². The molecule has 0 fully saturated rings. The summed E-state index contributed by atoms with van der Waals surface area (Å²) >= 11 is 0. The van der Waals surface area contributed by atoms with Crippen LogP contribution in [0.1, 0.15) is 18.9 Å². The van der Waals surface area contributed by atoms with E-state index in [-0.39, 0.29) is 6.09 Å². The van der Waals surface area contributed by atoms with Crippen molar-refractivity contribution in [2.45, 2.75) is 20.0 Å². The fourth-order valence-corrected chi connectivity index (χ4v) is 1.42. The van der Waals surface area contributed by atoms with Gasteiger partial charge in [0.25, 0.3) is 0 Å². The quantitative estimate of drug-likeness (QED) is 0.792. The summed E-state index contributed by atoms with van der Waals surface area (Å²) < 4.78 is 5.08. The van der Waals surface area contributed by atoms with Gasteiger partial charge >= 0.3 is 6.09 Å². The average Bonchev–Trinajstić information content (AvgIpc) is 2.35. The zero-order valence-corrected chi connectivity index (χ0v) is 10.2. The van der Waals surface area contributed by atoms with Gasteiger partial charge in [-0.25, -0.2) is 4.79 Å². The average molecular weight is 236 g/mol. The van der Waals surface area contributed by atoms with Gasteiger partial charge in [-0.05, 0) is 24.4 Å². The highest BCUT2D eigenvalue weighted by atomic mass is 16.5. The Morgan fingerprint density at radius 2 is 2.12 bits per heavy atom. The van der Waals surface area contributed by atoms with Crippen molar-refractivity contribution in [2.24, 2.45) is 11.7 Å². The maximum absolute atomic E-state index is 11.4. The molecule has 0 saturated heterocycles. The van der Waals surface area contributed by atoms with E-state index in [0.717, 1.165) is 12.0 Å². The van der Waals surface area contributed by atoms with Gasteiger partial charge in [0, 0.05) is 6.54 Å². The lowest BCUT2D eigenvalue weighted by atomic mass is 10.1. The molecule has 0 aliphatic carbocycles. The standard InChI is InChI=1S/C13H20N2O2/c1-11(7-8-14)9-15-13(16)17-10-12-5-3-2-4-6-12/h2-6,11H,7-10,14H2,1H3,(H,15,16)/t11-/m1/s1. The minimum atomic E-state index is -0.377. The molecule has 0 bridgehead atoms. The van der Waals surface area contributed by atoms with Crippen molar-refractivity contribution < 1.29 is 9.53 Å². The van der Waals surface area contributed by atoms with Crippen molar-refractivity contribution in [2.75, 3.05) is 13.1 Å². The Labute approximate surface area is 102 Å². The summed E-state index contributed by atoms with van der Waals surface area (Å²) in [7, 11) is 0. The monoisotopic (exact) mass is 236 g/mol. The van der Waals surface area contributed by atoms with E-state index in [9.17, 15) is 4.79 Å². The Morgan fingerprint density at radius 1 is 1.41 bits per heavy atom. The summed E-state index contributed by atoms with van der Waals surface area (Å²) in [5, 5.41) is 2.72. The number of carbonyl (C=O) groups excluding carboxylic acids is 1. The second-order valence-electron chi connectivity index (χ2n) is 4.13. The van der Waals surface area contributed by atoms with Gasteiger partial charge in [-0.2, -0.15) is 0 Å². The Kier molecular flexibility index (Phi) is 6.10. The first-order chi connectivity index (χ1) is 8.22. The first kappa shape index (κ1) is 13.5. The Morgan fingerprint density at radius 3 is 2.76 bits per heavy atom. The molecule has 0 spiro atoms. The molecule has 94 valence electrons. The van der Waals surface area contributed by atoms with Crippen LogP contribution in [-0.4, -0.2) is 19.2 Å². The molecule has 4 heteroatoms. The first-order valence-corrected chi connectivity index (χ1v) is 5.87. The van der Waals surface area contributed by atoms with Crippen LogP contribution in [0.25, 0.3) is 0 Å². The van der Waals surface area contributed by atoms with Crippen LogP contribution in [0.3, 0.4) is 0 Å². The predicted octanol–water partition coefficient (Wildman–Crippen LogP) is 1.90. The summed E-state index contributed by atoms with van der Waals surface area (Å²) in [6, 6.07) is 9.60. The zero-order valence-electron chi connectivity index (χ0n) is 10.2. The molecule has 0 saturated carbocycles. The molecule has 0 aliphatic rings. The highest BCUT2D eigenvalue weighted by Crippen LogP contribution is 2.01. The van der Waals surface area contributed by atoms with Crippen molar-refractivity contribution >= 4 is 6.09 Å². The van der Waals surface area contributed by atoms with E-state index in [1.807, 2.05) is 37.3 Å². The maximum Gasteiger partial charge on any atom is 0.407 e. The summed E-state index contributed by atoms with van der Waals surface area (Å²) in [4.78, 5) is 11.4. The van der Waals surface area contributed by atoms with Crippen LogP contribution in [0.15, 0.2) is 30.3 Å². The van der Waals surface area contributed by atoms with Crippen LogP contribution >= 0.6 is 0 Å². The lowest BCUT2D eigenvalue weighted by Gasteiger charge is -2.11. The zero-order chi connectivity index (χ0) is 12.5. The molecule has 0 aromatic heterocycles. The third-order valence-electron chi connectivity index (χ3n) is 2.47. The van der Waals surface area contributed by atoms with Crippen molar-refractivity contribution in [3.8, 4) is 0 Å². The van der Waals surface area contributed by atoms with Gasteiger partial charge in [0.15, 0.2) is 0 Å². The maximum atomic E-state index is 11.4. The minimum Gasteiger partial charge on any atom is -0.445 e. The summed E-state index contributed by atoms with van der Waals surface area (Å²) in [6.45, 7) is 3.59. The van der Waals surface area contributed by atoms with Crippen LogP contribution < -0.4 is 11.1 Å². The number of nitrogens with one attached hydrogen (secondary N) is 1. The number of alkyl carbamates (subject to hydrolysis) is 1. The van der Waals surface area contributed by atoms with E-state index in [2.05, 4.69) is 5.32 Å². The highest BCUT2D eigenvalue weighted by Gasteiger charge is 2.05. The first-order valence-electron chi connectivity index (χ1n) is 5.87. The molecule has 0 radical (unpaired) electrons. The van der Waals surface area contributed by atoms with E-state index >= 15 is 0 Å². The molecule has 0 unspecified atom stereocenters. The molecular weight excluding hydrogens is 216 g/mol. The van der Waals surface area contributed by atoms with Crippen LogP contribution in [0.4, 0.5) is 4.79 Å². The third-order valence-corrected chi connectivity index (χ3v) is 2.47. The van der Waals surface area contributed by atoms with Crippen molar-refractivity contribution in [1.82, 2.24) is 5.32 Å². The van der Waals surface area contributed by atoms with Gasteiger partial charge in [0.05, 0.1) is 0 Å². The molecule has 1 rings (SSSR count). The molecule has 3 N–H and O–H groups in total. The number of rotatable bonds is 6. The Balaban J connectivity index is 2.17. The van der Waals surface area contributed by atoms with Gasteiger partial charge in [0.1, 0.15) is 6.61 Å². The second kappa shape index (κ2) is 7.68. The number of hydrogen-bond acceptors (Lipinski definition) is 3. The van der Waals surface area contributed by atoms with Crippen molar-refractivity contribution in [1.29, 1.82) is 0 Å². The highest BCUT2D eigenvalue weighted by molar-refractivity contribution is 5.67. The van der Waals surface area contributed by atoms with E-state index in [0.29, 0.717) is 25.6 Å². The molecule has 1 aromatic rings. The number of carbonyl (C=O) groups is 1. The largest absolute Gasteiger partial charge is 0.445 e. The summed E-state index contributed by atoms with van der Waals surface area (Å²) in [6.07, 6.45) is 0.525. The lowest BCUT2D eigenvalue weighted by Crippen LogP contribution is -2.29. The van der Waals surface area contributed by atoms with Gasteiger partial charge in [0.2, 0.25) is 0 Å². The molecule has 0 aliphatic heterocycles. The topological polar surface area (TPSA) is 64.3 Å². The summed E-state index contributed by atoms with van der Waals surface area (Å²) in [5.41, 5.74) is 6.41. The normalized spacial score (nSPS) is 11.9. The minimum absolute atomic E-state index is 0.304. The van der Waals surface area contributed by atoms with E-state index in [4.69, 9.17) is 10.5 Å². The van der Waals surface area contributed by atoms with E-state index < -0.39 is 0 Å². The number of benzene rings is 1. The molecule has 0 heterocycles. The summed E-state index contributed by atoms with van der Waals surface area (Å²) in [5.74, 6) is 0.379. The molecule has 1 atom stereocenters. The lowest BCUT2D eigenvalue weighted by molar-refractivity contribution is 0.138. The molecule has 1 amide bonds. The third kappa shape index (κ3) is 5.92. The van der Waals surface area contributed by atoms with Crippen molar-refractivity contribution in [3.05, 3.63) is 35.9 Å². The molecule has 4 nitrogen and oxygen atoms in total. The SMILES string of the molecule is C[C@H](CCN)CNC(=O)OCc1ccccc1. The number of ether oxygens (including phenoxy) is 1. The smallest absolute Gasteiger partial charge is 0.407 e. The number of nitrogens with two attached hydrogens (primary N) is 1. The van der Waals surface area contributed by atoms with Gasteiger partial charge in [-0.3, -0.25) is 0 Å². The second-order valence-corrected chi connectivity index (χ2v) is 4.13. The number of hydrogen-bond donors (Lipinski definition) is 2. The molecule has 17 heavy (non-hydrogen) atoms. The van der Waals surface area contributed by atoms with Crippen LogP contribution in [0.5, 0.6) is 0 Å². The predicted molar refractivity (Wildman–Crippen MR) is 67.5 cm³/mol. The number of amides is 1. The Hall–Kier alpha value is -1.55. The van der Waals surface area contributed by atoms with E-state index in [1.165, 1.54) is 0 Å². The fourth-order valence-electron chi connectivity index (χ4n) is 1.42. The Bertz CT molecular complexity index is 327. The van der Waals surface area contributed by atoms with Gasteiger partial charge in [-0.15, -0.1) is 0 Å². The van der Waals surface area contributed by atoms with Crippen LogP contribution in [0, 0.1) is 5.92 Å². The molecular formula is C13H20N2O2. The van der Waals surface area contributed by atoms with Gasteiger partial charge in [-0.1, -0.05) is 37.3 Å². The van der Waals surface area contributed by atoms with Gasteiger partial charge < -0.3 is 15.8 Å². The van der Waals surface area contributed by atoms with Crippen LogP contribution in [0.2, 0.25) is 0 Å². The van der Waals surface area contributed by atoms with E-state index in [1.54, 1.807) is 0 Å². The van der Waals surface area contributed by atoms with Crippen molar-refractivity contribution in [3.63, 3.8) is 0 Å².